The number of aliphatic imine (C=N–C) groups is 1. The summed E-state index contributed by atoms with van der Waals surface area (Å²) in [4.78, 5) is 8.38. The van der Waals surface area contributed by atoms with Gasteiger partial charge in [-0.3, -0.25) is 9.89 Å². The number of piperidine rings is 1. The number of benzene rings is 1. The molecule has 1 fully saturated rings. The molecule has 1 aliphatic heterocycles. The molecule has 0 amide bonds. The number of hydrogen-bond donors (Lipinski definition) is 2. The van der Waals surface area contributed by atoms with Crippen molar-refractivity contribution < 1.29 is 4.74 Å². The molecule has 2 aromatic rings. The molecule has 0 saturated carbocycles. The molecule has 0 radical (unpaired) electrons. The van der Waals surface area contributed by atoms with Gasteiger partial charge >= 0.3 is 0 Å². The molecule has 0 aliphatic carbocycles. The van der Waals surface area contributed by atoms with Crippen LogP contribution in [-0.4, -0.2) is 45.2 Å². The van der Waals surface area contributed by atoms with Crippen LogP contribution in [0.5, 0.6) is 0 Å². The van der Waals surface area contributed by atoms with Gasteiger partial charge in [-0.15, -0.1) is 35.3 Å². The number of nitrogens with one attached hydrogen (secondary N) is 2. The number of ether oxygens (including phenoxy) is 1. The number of methoxy groups -OCH3 is 1. The van der Waals surface area contributed by atoms with E-state index in [2.05, 4.69) is 69.4 Å². The van der Waals surface area contributed by atoms with E-state index in [1.165, 1.54) is 35.4 Å². The summed E-state index contributed by atoms with van der Waals surface area (Å²) in [6, 6.07) is 13.3. The predicted molar refractivity (Wildman–Crippen MR) is 133 cm³/mol. The molecule has 160 valence electrons. The molecule has 0 spiro atoms. The maximum absolute atomic E-state index is 5.31. The van der Waals surface area contributed by atoms with Crippen molar-refractivity contribution in [2.45, 2.75) is 32.0 Å². The summed E-state index contributed by atoms with van der Waals surface area (Å²) in [5.41, 5.74) is 2.45. The molecule has 2 atom stereocenters. The van der Waals surface area contributed by atoms with Crippen LogP contribution in [0.25, 0.3) is 0 Å². The molecule has 1 aromatic carbocycles. The summed E-state index contributed by atoms with van der Waals surface area (Å²) in [6.45, 7) is 3.45. The Morgan fingerprint density at radius 3 is 2.69 bits per heavy atom. The van der Waals surface area contributed by atoms with Crippen LogP contribution >= 0.6 is 35.3 Å². The minimum absolute atomic E-state index is 0. The minimum atomic E-state index is 0. The zero-order chi connectivity index (χ0) is 19.8. The molecule has 1 aromatic heterocycles. The number of hydrogen-bond acceptors (Lipinski definition) is 4. The average Bonchev–Trinajstić information content (AvgIpc) is 3.24. The first-order chi connectivity index (χ1) is 13.7. The van der Waals surface area contributed by atoms with E-state index in [0.717, 1.165) is 19.0 Å². The van der Waals surface area contributed by atoms with Crippen molar-refractivity contribution in [3.05, 3.63) is 57.8 Å². The average molecular weight is 529 g/mol. The lowest BCUT2D eigenvalue weighted by Crippen LogP contribution is -2.44. The quantitative estimate of drug-likeness (QED) is 0.321. The summed E-state index contributed by atoms with van der Waals surface area (Å²) in [6.07, 6.45) is 2.49. The molecule has 2 unspecified atom stereocenters. The van der Waals surface area contributed by atoms with Gasteiger partial charge in [-0.05, 0) is 54.9 Å². The summed E-state index contributed by atoms with van der Waals surface area (Å²) in [5.74, 6) is 1.43. The molecular formula is C22H33IN4OS. The summed E-state index contributed by atoms with van der Waals surface area (Å²) in [5, 5.41) is 9.20. The summed E-state index contributed by atoms with van der Waals surface area (Å²) < 4.78 is 5.31. The van der Waals surface area contributed by atoms with E-state index in [1.54, 1.807) is 7.11 Å². The van der Waals surface area contributed by atoms with Gasteiger partial charge in [0.1, 0.15) is 0 Å². The van der Waals surface area contributed by atoms with Crippen molar-refractivity contribution in [3.63, 3.8) is 0 Å². The number of guanidine groups is 1. The predicted octanol–water partition coefficient (Wildman–Crippen LogP) is 4.26. The Hall–Kier alpha value is -1.16. The molecule has 2 N–H and O–H groups in total. The first-order valence-electron chi connectivity index (χ1n) is 9.96. The van der Waals surface area contributed by atoms with Crippen molar-refractivity contribution in [3.8, 4) is 0 Å². The van der Waals surface area contributed by atoms with Crippen molar-refractivity contribution in [2.75, 3.05) is 34.3 Å². The van der Waals surface area contributed by atoms with E-state index in [4.69, 9.17) is 4.74 Å². The number of nitrogens with zero attached hydrogens (tertiary/aromatic N) is 2. The van der Waals surface area contributed by atoms with Gasteiger partial charge in [-0.2, -0.15) is 0 Å². The van der Waals surface area contributed by atoms with Gasteiger partial charge < -0.3 is 15.4 Å². The van der Waals surface area contributed by atoms with E-state index in [1.807, 2.05) is 18.4 Å². The highest BCUT2D eigenvalue weighted by Gasteiger charge is 2.31. The van der Waals surface area contributed by atoms with Crippen LogP contribution in [-0.2, 0) is 17.9 Å². The third-order valence-corrected chi connectivity index (χ3v) is 6.40. The Labute approximate surface area is 196 Å². The lowest BCUT2D eigenvalue weighted by Gasteiger charge is -2.39. The van der Waals surface area contributed by atoms with Crippen LogP contribution in [0.3, 0.4) is 0 Å². The van der Waals surface area contributed by atoms with E-state index in [-0.39, 0.29) is 24.0 Å². The van der Waals surface area contributed by atoms with Crippen molar-refractivity contribution in [2.24, 2.45) is 10.9 Å². The Balaban J connectivity index is 0.00000300. The zero-order valence-electron chi connectivity index (χ0n) is 17.6. The van der Waals surface area contributed by atoms with Gasteiger partial charge in [0.15, 0.2) is 5.96 Å². The van der Waals surface area contributed by atoms with Gasteiger partial charge in [-0.25, -0.2) is 0 Å². The van der Waals surface area contributed by atoms with E-state index < -0.39 is 0 Å². The molecule has 1 saturated heterocycles. The minimum Gasteiger partial charge on any atom is -0.380 e. The molecule has 3 rings (SSSR count). The second kappa shape index (κ2) is 12.5. The third kappa shape index (κ3) is 6.67. The van der Waals surface area contributed by atoms with E-state index >= 15 is 0 Å². The van der Waals surface area contributed by atoms with Crippen molar-refractivity contribution in [1.82, 2.24) is 15.5 Å². The van der Waals surface area contributed by atoms with Gasteiger partial charge in [0, 0.05) is 38.2 Å². The molecule has 29 heavy (non-hydrogen) atoms. The fourth-order valence-corrected chi connectivity index (χ4v) is 5.02. The normalized spacial score (nSPS) is 20.2. The topological polar surface area (TPSA) is 48.9 Å². The van der Waals surface area contributed by atoms with Crippen LogP contribution in [0.4, 0.5) is 0 Å². The standard InChI is InChI=1S/C22H32N4OS.HI/c1-23-22(24-14-17-8-4-5-9-19(17)16-27-3)25-15-18-10-6-12-26(2)21(18)20-11-7-13-28-20;/h4-5,7-9,11,13,18,21H,6,10,12,14-16H2,1-3H3,(H2,23,24,25);1H. The SMILES string of the molecule is CN=C(NCc1ccccc1COC)NCC1CCCN(C)C1c1cccs1.I. The van der Waals surface area contributed by atoms with Gasteiger partial charge in [0.05, 0.1) is 6.61 Å². The van der Waals surface area contributed by atoms with Crippen LogP contribution in [0, 0.1) is 5.92 Å². The smallest absolute Gasteiger partial charge is 0.191 e. The molecule has 2 heterocycles. The van der Waals surface area contributed by atoms with Gasteiger partial charge in [0.2, 0.25) is 0 Å². The molecule has 7 heteroatoms. The molecular weight excluding hydrogens is 495 g/mol. The highest BCUT2D eigenvalue weighted by Crippen LogP contribution is 2.36. The molecule has 1 aliphatic rings. The maximum atomic E-state index is 5.31. The highest BCUT2D eigenvalue weighted by molar-refractivity contribution is 14.0. The van der Waals surface area contributed by atoms with E-state index in [0.29, 0.717) is 18.6 Å². The van der Waals surface area contributed by atoms with Crippen LogP contribution in [0.1, 0.15) is 34.9 Å². The number of likely N-dealkylation sites (tertiary alicyclic amines) is 1. The Kier molecular flexibility index (Phi) is 10.4. The fraction of sp³-hybridized carbons (Fsp3) is 0.500. The first-order valence-corrected chi connectivity index (χ1v) is 10.8. The fourth-order valence-electron chi connectivity index (χ4n) is 4.04. The largest absolute Gasteiger partial charge is 0.380 e. The second-order valence-electron chi connectivity index (χ2n) is 7.35. The number of halogens is 1. The monoisotopic (exact) mass is 528 g/mol. The molecule has 0 bridgehead atoms. The highest BCUT2D eigenvalue weighted by atomic mass is 127. The lowest BCUT2D eigenvalue weighted by molar-refractivity contribution is 0.125. The summed E-state index contributed by atoms with van der Waals surface area (Å²) in [7, 11) is 5.81. The van der Waals surface area contributed by atoms with Crippen LogP contribution in [0.15, 0.2) is 46.8 Å². The van der Waals surface area contributed by atoms with Crippen LogP contribution in [0.2, 0.25) is 0 Å². The Bertz CT molecular complexity index is 753. The van der Waals surface area contributed by atoms with E-state index in [9.17, 15) is 0 Å². The zero-order valence-corrected chi connectivity index (χ0v) is 20.7. The number of thiophene rings is 1. The van der Waals surface area contributed by atoms with Gasteiger partial charge in [-0.1, -0.05) is 30.3 Å². The lowest BCUT2D eigenvalue weighted by atomic mass is 9.88. The third-order valence-electron chi connectivity index (χ3n) is 5.46. The second-order valence-corrected chi connectivity index (χ2v) is 8.33. The van der Waals surface area contributed by atoms with Crippen LogP contribution < -0.4 is 10.6 Å². The van der Waals surface area contributed by atoms with Gasteiger partial charge in [0.25, 0.3) is 0 Å². The Morgan fingerprint density at radius 2 is 2.00 bits per heavy atom. The maximum Gasteiger partial charge on any atom is 0.191 e. The van der Waals surface area contributed by atoms with Crippen molar-refractivity contribution >= 4 is 41.3 Å². The summed E-state index contributed by atoms with van der Waals surface area (Å²) >= 11 is 1.86. The van der Waals surface area contributed by atoms with Crippen molar-refractivity contribution in [1.29, 1.82) is 0 Å². The first kappa shape index (κ1) is 24.1. The molecule has 5 nitrogen and oxygen atoms in total. The Morgan fingerprint density at radius 1 is 1.21 bits per heavy atom. The number of rotatable bonds is 7.